The summed E-state index contributed by atoms with van der Waals surface area (Å²) in [6.07, 6.45) is 1.36. The van der Waals surface area contributed by atoms with Crippen molar-refractivity contribution in [3.05, 3.63) is 70.8 Å². The molecule has 1 aliphatic heterocycles. The lowest BCUT2D eigenvalue weighted by Crippen LogP contribution is -2.67. The number of amides is 2. The molecular formula is C32H39F2N3O5. The van der Waals surface area contributed by atoms with Crippen molar-refractivity contribution in [2.45, 2.75) is 77.6 Å². The minimum atomic E-state index is -1.52. The summed E-state index contributed by atoms with van der Waals surface area (Å²) >= 11 is 0. The molecule has 2 amide bonds. The minimum Gasteiger partial charge on any atom is -0.459 e. The summed E-state index contributed by atoms with van der Waals surface area (Å²) in [5.74, 6) is -4.29. The van der Waals surface area contributed by atoms with E-state index in [9.17, 15) is 23.6 Å². The van der Waals surface area contributed by atoms with E-state index in [4.69, 9.17) is 4.74 Å². The largest absolute Gasteiger partial charge is 0.459 e. The highest BCUT2D eigenvalue weighted by molar-refractivity contribution is 6.01. The summed E-state index contributed by atoms with van der Waals surface area (Å²) < 4.78 is 34.5. The lowest BCUT2D eigenvalue weighted by molar-refractivity contribution is -0.157. The molecule has 0 aromatic heterocycles. The third-order valence-electron chi connectivity index (χ3n) is 7.53. The van der Waals surface area contributed by atoms with Gasteiger partial charge in [0.2, 0.25) is 11.8 Å². The van der Waals surface area contributed by atoms with Crippen molar-refractivity contribution in [1.82, 2.24) is 15.5 Å². The Balaban J connectivity index is 1.68. The number of ketones is 1. The maximum absolute atomic E-state index is 15.3. The number of halogens is 2. The number of Topliss-reactive ketones (excluding diaryl/α,β-unsaturated/α-hetero) is 1. The van der Waals surface area contributed by atoms with Crippen LogP contribution in [0.15, 0.2) is 42.5 Å². The Kier molecular flexibility index (Phi) is 9.45. The van der Waals surface area contributed by atoms with E-state index in [0.717, 1.165) is 23.3 Å². The second-order valence-electron chi connectivity index (χ2n) is 12.5. The smallest absolute Gasteiger partial charge is 0.320 e. The van der Waals surface area contributed by atoms with Crippen LogP contribution in [-0.4, -0.2) is 59.2 Å². The molecule has 226 valence electrons. The second kappa shape index (κ2) is 12.7. The highest BCUT2D eigenvalue weighted by Crippen LogP contribution is 2.36. The van der Waals surface area contributed by atoms with Crippen LogP contribution in [0.25, 0.3) is 0 Å². The van der Waals surface area contributed by atoms with Crippen LogP contribution in [0.2, 0.25) is 0 Å². The van der Waals surface area contributed by atoms with E-state index in [1.165, 1.54) is 4.90 Å². The van der Waals surface area contributed by atoms with Gasteiger partial charge in [-0.3, -0.25) is 24.5 Å². The molecule has 2 aromatic carbocycles. The Labute approximate surface area is 245 Å². The van der Waals surface area contributed by atoms with Crippen molar-refractivity contribution in [2.24, 2.45) is 11.8 Å². The summed E-state index contributed by atoms with van der Waals surface area (Å²) in [5.41, 5.74) is 1.23. The zero-order valence-electron chi connectivity index (χ0n) is 24.7. The van der Waals surface area contributed by atoms with Gasteiger partial charge in [-0.15, -0.1) is 0 Å². The van der Waals surface area contributed by atoms with Gasteiger partial charge in [0.1, 0.15) is 35.4 Å². The van der Waals surface area contributed by atoms with E-state index in [-0.39, 0.29) is 30.4 Å². The summed E-state index contributed by atoms with van der Waals surface area (Å²) in [6.45, 7) is 8.19. The zero-order valence-corrected chi connectivity index (χ0v) is 24.7. The molecule has 1 heterocycles. The molecule has 0 spiro atoms. The van der Waals surface area contributed by atoms with Gasteiger partial charge in [0.05, 0.1) is 13.1 Å². The van der Waals surface area contributed by atoms with Crippen LogP contribution < -0.4 is 10.6 Å². The summed E-state index contributed by atoms with van der Waals surface area (Å²) in [4.78, 5) is 55.2. The number of fused-ring (bicyclic) bond motifs is 1. The van der Waals surface area contributed by atoms with Crippen LogP contribution in [-0.2, 0) is 36.8 Å². The topological polar surface area (TPSA) is 105 Å². The third kappa shape index (κ3) is 7.21. The average molecular weight is 584 g/mol. The molecule has 4 rings (SSSR count). The molecular weight excluding hydrogens is 544 g/mol. The van der Waals surface area contributed by atoms with E-state index in [2.05, 4.69) is 10.6 Å². The first-order chi connectivity index (χ1) is 19.7. The Morgan fingerprint density at radius 1 is 1.05 bits per heavy atom. The molecule has 8 nitrogen and oxygen atoms in total. The molecule has 0 radical (unpaired) electrons. The van der Waals surface area contributed by atoms with Crippen molar-refractivity contribution < 1.29 is 32.7 Å². The number of hydrogen-bond acceptors (Lipinski definition) is 6. The first-order valence-electron chi connectivity index (χ1n) is 14.3. The lowest BCUT2D eigenvalue weighted by atomic mass is 9.87. The van der Waals surface area contributed by atoms with Gasteiger partial charge in [-0.05, 0) is 69.1 Å². The molecule has 0 saturated carbocycles. The SMILES string of the molecule is CC(C)C[C@@H]1C(=O)N[C@H](C2Cc3ccccc3C2)C(=O)N1[C@@H](C(=O)CNCC(=O)OC(C)(C)C)c1ccc(F)cc1F. The van der Waals surface area contributed by atoms with Crippen molar-refractivity contribution >= 4 is 23.6 Å². The molecule has 2 N–H and O–H groups in total. The summed E-state index contributed by atoms with van der Waals surface area (Å²) in [7, 11) is 0. The molecule has 2 aromatic rings. The van der Waals surface area contributed by atoms with Crippen LogP contribution >= 0.6 is 0 Å². The van der Waals surface area contributed by atoms with E-state index in [1.54, 1.807) is 20.8 Å². The second-order valence-corrected chi connectivity index (χ2v) is 12.5. The number of ether oxygens (including phenoxy) is 1. The number of carbonyl (C=O) groups excluding carboxylic acids is 4. The van der Waals surface area contributed by atoms with Crippen molar-refractivity contribution in [3.8, 4) is 0 Å². The lowest BCUT2D eigenvalue weighted by Gasteiger charge is -2.45. The molecule has 1 aliphatic carbocycles. The number of rotatable bonds is 10. The first-order valence-corrected chi connectivity index (χ1v) is 14.3. The molecule has 0 bridgehead atoms. The van der Waals surface area contributed by atoms with Crippen molar-refractivity contribution in [3.63, 3.8) is 0 Å². The van der Waals surface area contributed by atoms with Gasteiger partial charge in [-0.1, -0.05) is 44.2 Å². The fraction of sp³-hybridized carbons (Fsp3) is 0.500. The monoisotopic (exact) mass is 583 g/mol. The van der Waals surface area contributed by atoms with E-state index < -0.39 is 65.5 Å². The van der Waals surface area contributed by atoms with Gasteiger partial charge in [-0.2, -0.15) is 0 Å². The maximum Gasteiger partial charge on any atom is 0.320 e. The highest BCUT2D eigenvalue weighted by atomic mass is 19.1. The van der Waals surface area contributed by atoms with Crippen LogP contribution in [0.5, 0.6) is 0 Å². The standard InChI is InChI=1S/C32H39F2N3O5/c1-18(2)12-25-30(40)36-28(21-13-19-8-6-7-9-20(19)14-21)31(41)37(25)29(23-11-10-22(33)15-24(23)34)26(38)16-35-17-27(39)42-32(3,4)5/h6-11,15,18,21,25,28-29,35H,12-14,16-17H2,1-5H3,(H,36,40)/t25-,28-,29-/m1/s1. The van der Waals surface area contributed by atoms with Gasteiger partial charge in [0.25, 0.3) is 0 Å². The predicted molar refractivity (Wildman–Crippen MR) is 152 cm³/mol. The van der Waals surface area contributed by atoms with Gasteiger partial charge >= 0.3 is 5.97 Å². The molecule has 1 fully saturated rings. The normalized spacial score (nSPS) is 20.0. The number of nitrogens with one attached hydrogen (secondary N) is 2. The Morgan fingerprint density at radius 2 is 1.69 bits per heavy atom. The zero-order chi connectivity index (χ0) is 30.8. The Morgan fingerprint density at radius 3 is 2.26 bits per heavy atom. The van der Waals surface area contributed by atoms with Crippen molar-refractivity contribution in [2.75, 3.05) is 13.1 Å². The summed E-state index contributed by atoms with van der Waals surface area (Å²) in [5, 5.41) is 5.63. The van der Waals surface area contributed by atoms with Crippen LogP contribution in [0, 0.1) is 23.5 Å². The molecule has 10 heteroatoms. The number of piperazine rings is 1. The predicted octanol–water partition coefficient (Wildman–Crippen LogP) is 3.66. The van der Waals surface area contributed by atoms with Gasteiger partial charge < -0.3 is 15.0 Å². The maximum atomic E-state index is 15.3. The molecule has 1 saturated heterocycles. The highest BCUT2D eigenvalue weighted by Gasteiger charge is 2.49. The molecule has 42 heavy (non-hydrogen) atoms. The van der Waals surface area contributed by atoms with E-state index in [0.29, 0.717) is 18.9 Å². The van der Waals surface area contributed by atoms with E-state index in [1.807, 2.05) is 38.1 Å². The number of esters is 1. The quantitative estimate of drug-likeness (QED) is 0.414. The number of nitrogens with zero attached hydrogens (tertiary/aromatic N) is 1. The van der Waals surface area contributed by atoms with Crippen LogP contribution in [0.1, 0.15) is 63.8 Å². The van der Waals surface area contributed by atoms with Gasteiger partial charge in [0, 0.05) is 11.6 Å². The minimum absolute atomic E-state index is 0.0394. The number of benzene rings is 2. The fourth-order valence-corrected chi connectivity index (χ4v) is 5.84. The van der Waals surface area contributed by atoms with Gasteiger partial charge in [0.15, 0.2) is 5.78 Å². The van der Waals surface area contributed by atoms with Crippen molar-refractivity contribution in [1.29, 1.82) is 0 Å². The summed E-state index contributed by atoms with van der Waals surface area (Å²) in [6, 6.07) is 7.11. The van der Waals surface area contributed by atoms with Crippen LogP contribution in [0.3, 0.4) is 0 Å². The molecule has 3 atom stereocenters. The molecule has 2 aliphatic rings. The average Bonchev–Trinajstić information content (AvgIpc) is 3.31. The fourth-order valence-electron chi connectivity index (χ4n) is 5.84. The Hall–Kier alpha value is -3.66. The Bertz CT molecular complexity index is 1330. The first kappa shape index (κ1) is 31.3. The third-order valence-corrected chi connectivity index (χ3v) is 7.53. The number of carbonyl (C=O) groups is 4. The molecule has 0 unspecified atom stereocenters. The van der Waals surface area contributed by atoms with Crippen LogP contribution in [0.4, 0.5) is 8.78 Å². The van der Waals surface area contributed by atoms with Gasteiger partial charge in [-0.25, -0.2) is 8.78 Å². The van der Waals surface area contributed by atoms with E-state index >= 15 is 4.39 Å². The number of hydrogen-bond donors (Lipinski definition) is 2.